The SMILES string of the molecule is CCCCc1noc(C(C)N2CCCN(CC(=O)N(C)C)CC2)n1. The van der Waals surface area contributed by atoms with Crippen molar-refractivity contribution in [1.29, 1.82) is 0 Å². The van der Waals surface area contributed by atoms with Crippen LogP contribution in [-0.4, -0.2) is 77.6 Å². The molecule has 1 aliphatic heterocycles. The molecule has 1 unspecified atom stereocenters. The van der Waals surface area contributed by atoms with E-state index >= 15 is 0 Å². The molecule has 1 aromatic rings. The number of hydrogen-bond donors (Lipinski definition) is 0. The molecule has 0 saturated carbocycles. The van der Waals surface area contributed by atoms with Crippen LogP contribution in [0.4, 0.5) is 0 Å². The van der Waals surface area contributed by atoms with E-state index in [1.54, 1.807) is 19.0 Å². The quantitative estimate of drug-likeness (QED) is 0.752. The minimum absolute atomic E-state index is 0.123. The molecule has 1 saturated heterocycles. The van der Waals surface area contributed by atoms with Crippen LogP contribution in [0.2, 0.25) is 0 Å². The molecule has 0 aliphatic carbocycles. The van der Waals surface area contributed by atoms with Crippen molar-refractivity contribution in [3.05, 3.63) is 11.7 Å². The first-order valence-corrected chi connectivity index (χ1v) is 9.00. The Morgan fingerprint density at radius 3 is 2.79 bits per heavy atom. The Morgan fingerprint density at radius 1 is 1.29 bits per heavy atom. The van der Waals surface area contributed by atoms with Crippen LogP contribution in [0.3, 0.4) is 0 Å². The van der Waals surface area contributed by atoms with Gasteiger partial charge in [-0.1, -0.05) is 18.5 Å². The van der Waals surface area contributed by atoms with Crippen molar-refractivity contribution in [2.45, 2.75) is 45.6 Å². The van der Waals surface area contributed by atoms with Gasteiger partial charge in [-0.2, -0.15) is 4.98 Å². The van der Waals surface area contributed by atoms with Crippen LogP contribution >= 0.6 is 0 Å². The summed E-state index contributed by atoms with van der Waals surface area (Å²) in [5.41, 5.74) is 0. The fourth-order valence-corrected chi connectivity index (χ4v) is 2.90. The van der Waals surface area contributed by atoms with E-state index in [9.17, 15) is 4.79 Å². The number of aryl methyl sites for hydroxylation is 1. The molecule has 7 nitrogen and oxygen atoms in total. The van der Waals surface area contributed by atoms with Crippen LogP contribution in [0, 0.1) is 0 Å². The summed E-state index contributed by atoms with van der Waals surface area (Å²) in [5, 5.41) is 4.09. The second kappa shape index (κ2) is 9.13. The zero-order chi connectivity index (χ0) is 17.5. The maximum atomic E-state index is 11.9. The number of nitrogens with zero attached hydrogens (tertiary/aromatic N) is 5. The maximum absolute atomic E-state index is 11.9. The topological polar surface area (TPSA) is 65.7 Å². The molecule has 0 bridgehead atoms. The highest BCUT2D eigenvalue weighted by atomic mass is 16.5. The third-order valence-corrected chi connectivity index (χ3v) is 4.62. The monoisotopic (exact) mass is 337 g/mol. The molecule has 1 fully saturated rings. The van der Waals surface area contributed by atoms with E-state index in [2.05, 4.69) is 33.8 Å². The average Bonchev–Trinajstić information content (AvgIpc) is 2.91. The van der Waals surface area contributed by atoms with Gasteiger partial charge in [0.2, 0.25) is 11.8 Å². The summed E-state index contributed by atoms with van der Waals surface area (Å²) in [6.07, 6.45) is 4.15. The van der Waals surface area contributed by atoms with Gasteiger partial charge >= 0.3 is 0 Å². The number of carbonyl (C=O) groups excluding carboxylic acids is 1. The third-order valence-electron chi connectivity index (χ3n) is 4.62. The van der Waals surface area contributed by atoms with Crippen molar-refractivity contribution in [3.8, 4) is 0 Å². The molecular formula is C17H31N5O2. The Bertz CT molecular complexity index is 517. The molecule has 1 aromatic heterocycles. The van der Waals surface area contributed by atoms with E-state index in [-0.39, 0.29) is 11.9 Å². The lowest BCUT2D eigenvalue weighted by atomic mass is 10.2. The number of aromatic nitrogens is 2. The highest BCUT2D eigenvalue weighted by molar-refractivity contribution is 5.77. The van der Waals surface area contributed by atoms with Gasteiger partial charge in [-0.05, 0) is 26.3 Å². The fraction of sp³-hybridized carbons (Fsp3) is 0.824. The summed E-state index contributed by atoms with van der Waals surface area (Å²) in [4.78, 5) is 22.7. The van der Waals surface area contributed by atoms with Crippen LogP contribution in [0.1, 0.15) is 50.9 Å². The molecular weight excluding hydrogens is 306 g/mol. The van der Waals surface area contributed by atoms with Crippen molar-refractivity contribution < 1.29 is 9.32 Å². The normalized spacial score (nSPS) is 18.3. The van der Waals surface area contributed by atoms with Gasteiger partial charge < -0.3 is 9.42 Å². The van der Waals surface area contributed by atoms with E-state index in [0.717, 1.165) is 57.7 Å². The number of rotatable bonds is 7. The largest absolute Gasteiger partial charge is 0.348 e. The van der Waals surface area contributed by atoms with E-state index in [4.69, 9.17) is 4.52 Å². The van der Waals surface area contributed by atoms with Gasteiger partial charge in [0, 0.05) is 40.2 Å². The van der Waals surface area contributed by atoms with Crippen molar-refractivity contribution in [1.82, 2.24) is 24.8 Å². The zero-order valence-electron chi connectivity index (χ0n) is 15.5. The van der Waals surface area contributed by atoms with Gasteiger partial charge in [0.1, 0.15) is 0 Å². The molecule has 1 aliphatic rings. The maximum Gasteiger partial charge on any atom is 0.243 e. The molecule has 24 heavy (non-hydrogen) atoms. The summed E-state index contributed by atoms with van der Waals surface area (Å²) in [7, 11) is 3.61. The Kier molecular flexibility index (Phi) is 7.17. The van der Waals surface area contributed by atoms with Gasteiger partial charge in [0.25, 0.3) is 0 Å². The summed E-state index contributed by atoms with van der Waals surface area (Å²) >= 11 is 0. The lowest BCUT2D eigenvalue weighted by Crippen LogP contribution is -2.39. The first kappa shape index (κ1) is 18.9. The highest BCUT2D eigenvalue weighted by Gasteiger charge is 2.25. The summed E-state index contributed by atoms with van der Waals surface area (Å²) in [6.45, 7) is 8.52. The molecule has 1 atom stereocenters. The fourth-order valence-electron chi connectivity index (χ4n) is 2.90. The standard InChI is InChI=1S/C17H31N5O2/c1-5-6-8-15-18-17(24-19-15)14(2)22-10-7-9-21(11-12-22)13-16(23)20(3)4/h14H,5-13H2,1-4H3. The van der Waals surface area contributed by atoms with Gasteiger partial charge in [-0.3, -0.25) is 14.6 Å². The molecule has 0 aromatic carbocycles. The summed E-state index contributed by atoms with van der Waals surface area (Å²) in [6, 6.07) is 0.123. The molecule has 0 N–H and O–H groups in total. The predicted molar refractivity (Wildman–Crippen MR) is 92.6 cm³/mol. The van der Waals surface area contributed by atoms with E-state index < -0.39 is 0 Å². The number of hydrogen-bond acceptors (Lipinski definition) is 6. The molecule has 1 amide bonds. The Hall–Kier alpha value is -1.47. The first-order chi connectivity index (χ1) is 11.5. The second-order valence-electron chi connectivity index (χ2n) is 6.78. The van der Waals surface area contributed by atoms with Crippen LogP contribution in [-0.2, 0) is 11.2 Å². The van der Waals surface area contributed by atoms with Gasteiger partial charge in [-0.25, -0.2) is 0 Å². The Morgan fingerprint density at radius 2 is 2.08 bits per heavy atom. The molecule has 0 spiro atoms. The smallest absolute Gasteiger partial charge is 0.243 e. The van der Waals surface area contributed by atoms with Gasteiger partial charge in [0.05, 0.1) is 12.6 Å². The molecule has 2 heterocycles. The number of unbranched alkanes of at least 4 members (excludes halogenated alkanes) is 1. The Balaban J connectivity index is 1.88. The second-order valence-corrected chi connectivity index (χ2v) is 6.78. The lowest BCUT2D eigenvalue weighted by Gasteiger charge is -2.25. The summed E-state index contributed by atoms with van der Waals surface area (Å²) < 4.78 is 5.46. The van der Waals surface area contributed by atoms with Crippen molar-refractivity contribution in [2.24, 2.45) is 0 Å². The van der Waals surface area contributed by atoms with Crippen LogP contribution in [0.5, 0.6) is 0 Å². The summed E-state index contributed by atoms with van der Waals surface area (Å²) in [5.74, 6) is 1.68. The number of carbonyl (C=O) groups is 1. The van der Waals surface area contributed by atoms with Gasteiger partial charge in [0.15, 0.2) is 5.82 Å². The predicted octanol–water partition coefficient (Wildman–Crippen LogP) is 1.57. The Labute approximate surface area is 145 Å². The molecule has 2 rings (SSSR count). The number of likely N-dealkylation sites (N-methyl/N-ethyl adjacent to an activating group) is 1. The number of amides is 1. The van der Waals surface area contributed by atoms with Crippen LogP contribution in [0.15, 0.2) is 4.52 Å². The molecule has 136 valence electrons. The van der Waals surface area contributed by atoms with E-state index in [0.29, 0.717) is 12.4 Å². The lowest BCUT2D eigenvalue weighted by molar-refractivity contribution is -0.129. The average molecular weight is 337 g/mol. The van der Waals surface area contributed by atoms with Gasteiger partial charge in [-0.15, -0.1) is 0 Å². The van der Waals surface area contributed by atoms with Crippen LogP contribution in [0.25, 0.3) is 0 Å². The molecule has 7 heteroatoms. The zero-order valence-corrected chi connectivity index (χ0v) is 15.5. The third kappa shape index (κ3) is 5.27. The first-order valence-electron chi connectivity index (χ1n) is 9.00. The van der Waals surface area contributed by atoms with Crippen molar-refractivity contribution in [2.75, 3.05) is 46.8 Å². The van der Waals surface area contributed by atoms with Crippen molar-refractivity contribution >= 4 is 5.91 Å². The van der Waals surface area contributed by atoms with Crippen LogP contribution < -0.4 is 0 Å². The van der Waals surface area contributed by atoms with E-state index in [1.807, 2.05) is 0 Å². The minimum atomic E-state index is 0.123. The molecule has 0 radical (unpaired) electrons. The van der Waals surface area contributed by atoms with Crippen molar-refractivity contribution in [3.63, 3.8) is 0 Å². The highest BCUT2D eigenvalue weighted by Crippen LogP contribution is 2.20. The van der Waals surface area contributed by atoms with E-state index in [1.165, 1.54) is 0 Å². The minimum Gasteiger partial charge on any atom is -0.348 e.